The van der Waals surface area contributed by atoms with Crippen LogP contribution in [0, 0.1) is 5.41 Å². The SMILES string of the molecule is NCC1(Cc2ccc(C(F)(F)F)cn2)CC1. The van der Waals surface area contributed by atoms with Gasteiger partial charge in [-0.3, -0.25) is 4.98 Å². The van der Waals surface area contributed by atoms with Gasteiger partial charge in [0.05, 0.1) is 5.56 Å². The number of aromatic nitrogens is 1. The van der Waals surface area contributed by atoms with Crippen LogP contribution in [0.1, 0.15) is 24.1 Å². The average molecular weight is 230 g/mol. The van der Waals surface area contributed by atoms with Crippen LogP contribution in [0.3, 0.4) is 0 Å². The van der Waals surface area contributed by atoms with Crippen molar-refractivity contribution >= 4 is 0 Å². The largest absolute Gasteiger partial charge is 0.417 e. The predicted octanol–water partition coefficient (Wildman–Crippen LogP) is 2.38. The van der Waals surface area contributed by atoms with Gasteiger partial charge in [-0.05, 0) is 43.4 Å². The van der Waals surface area contributed by atoms with Gasteiger partial charge in [0.15, 0.2) is 0 Å². The Morgan fingerprint density at radius 1 is 1.31 bits per heavy atom. The number of hydrogen-bond donors (Lipinski definition) is 1. The highest BCUT2D eigenvalue weighted by molar-refractivity contribution is 5.19. The van der Waals surface area contributed by atoms with Crippen molar-refractivity contribution < 1.29 is 13.2 Å². The Bertz CT molecular complexity index is 366. The fourth-order valence-corrected chi connectivity index (χ4v) is 1.71. The molecule has 0 aromatic carbocycles. The van der Waals surface area contributed by atoms with Crippen LogP contribution in [0.5, 0.6) is 0 Å². The van der Waals surface area contributed by atoms with E-state index in [0.717, 1.165) is 25.1 Å². The van der Waals surface area contributed by atoms with Crippen LogP contribution in [-0.4, -0.2) is 11.5 Å². The van der Waals surface area contributed by atoms with Crippen LogP contribution in [-0.2, 0) is 12.6 Å². The van der Waals surface area contributed by atoms with Crippen LogP contribution in [0.2, 0.25) is 0 Å². The normalized spacial score (nSPS) is 18.5. The summed E-state index contributed by atoms with van der Waals surface area (Å²) in [4.78, 5) is 3.84. The topological polar surface area (TPSA) is 38.9 Å². The van der Waals surface area contributed by atoms with E-state index >= 15 is 0 Å². The molecule has 1 aromatic heterocycles. The minimum atomic E-state index is -4.31. The Labute approximate surface area is 91.7 Å². The summed E-state index contributed by atoms with van der Waals surface area (Å²) in [5, 5.41) is 0. The molecule has 0 aliphatic heterocycles. The Hall–Kier alpha value is -1.10. The molecule has 1 fully saturated rings. The smallest absolute Gasteiger partial charge is 0.330 e. The van der Waals surface area contributed by atoms with Crippen molar-refractivity contribution in [1.29, 1.82) is 0 Å². The summed E-state index contributed by atoms with van der Waals surface area (Å²) in [6, 6.07) is 2.52. The zero-order valence-electron chi connectivity index (χ0n) is 8.72. The lowest BCUT2D eigenvalue weighted by Crippen LogP contribution is -2.18. The number of hydrogen-bond acceptors (Lipinski definition) is 2. The summed E-state index contributed by atoms with van der Waals surface area (Å²) in [5.41, 5.74) is 5.70. The van der Waals surface area contributed by atoms with E-state index in [1.54, 1.807) is 0 Å². The van der Waals surface area contributed by atoms with E-state index in [0.29, 0.717) is 18.7 Å². The number of halogens is 3. The highest BCUT2D eigenvalue weighted by Crippen LogP contribution is 2.47. The van der Waals surface area contributed by atoms with Gasteiger partial charge in [0, 0.05) is 11.9 Å². The molecule has 0 unspecified atom stereocenters. The van der Waals surface area contributed by atoms with Crippen LogP contribution >= 0.6 is 0 Å². The van der Waals surface area contributed by atoms with E-state index in [1.807, 2.05) is 0 Å². The van der Waals surface area contributed by atoms with Crippen molar-refractivity contribution in [2.45, 2.75) is 25.4 Å². The summed E-state index contributed by atoms with van der Waals surface area (Å²) >= 11 is 0. The molecule has 5 heteroatoms. The van der Waals surface area contributed by atoms with Gasteiger partial charge < -0.3 is 5.73 Å². The maximum atomic E-state index is 12.3. The predicted molar refractivity (Wildman–Crippen MR) is 53.7 cm³/mol. The van der Waals surface area contributed by atoms with Gasteiger partial charge in [0.2, 0.25) is 0 Å². The van der Waals surface area contributed by atoms with Gasteiger partial charge in [-0.2, -0.15) is 13.2 Å². The molecule has 16 heavy (non-hydrogen) atoms. The maximum absolute atomic E-state index is 12.3. The summed E-state index contributed by atoms with van der Waals surface area (Å²) in [6.07, 6.45) is -0.640. The van der Waals surface area contributed by atoms with Crippen molar-refractivity contribution in [3.63, 3.8) is 0 Å². The highest BCUT2D eigenvalue weighted by atomic mass is 19.4. The monoisotopic (exact) mass is 230 g/mol. The lowest BCUT2D eigenvalue weighted by atomic mass is 10.00. The molecule has 1 aliphatic carbocycles. The second-order valence-corrected chi connectivity index (χ2v) is 4.42. The fraction of sp³-hybridized carbons (Fsp3) is 0.545. The van der Waals surface area contributed by atoms with E-state index in [2.05, 4.69) is 4.98 Å². The molecule has 0 amide bonds. The van der Waals surface area contributed by atoms with Crippen LogP contribution < -0.4 is 5.73 Å². The Balaban J connectivity index is 2.08. The summed E-state index contributed by atoms with van der Waals surface area (Å²) in [6.45, 7) is 0.579. The van der Waals surface area contributed by atoms with E-state index in [-0.39, 0.29) is 5.41 Å². The highest BCUT2D eigenvalue weighted by Gasteiger charge is 2.41. The zero-order valence-corrected chi connectivity index (χ0v) is 8.72. The van der Waals surface area contributed by atoms with Gasteiger partial charge in [0.1, 0.15) is 0 Å². The first-order valence-electron chi connectivity index (χ1n) is 5.17. The van der Waals surface area contributed by atoms with E-state index in [4.69, 9.17) is 5.73 Å². The van der Waals surface area contributed by atoms with E-state index in [9.17, 15) is 13.2 Å². The first-order valence-corrected chi connectivity index (χ1v) is 5.17. The van der Waals surface area contributed by atoms with Crippen LogP contribution in [0.25, 0.3) is 0 Å². The number of nitrogens with two attached hydrogens (primary N) is 1. The van der Waals surface area contributed by atoms with Gasteiger partial charge in [-0.25, -0.2) is 0 Å². The first-order chi connectivity index (χ1) is 7.45. The summed E-state index contributed by atoms with van der Waals surface area (Å²) in [5.74, 6) is 0. The van der Waals surface area contributed by atoms with Crippen molar-refractivity contribution in [2.24, 2.45) is 11.1 Å². The third-order valence-corrected chi connectivity index (χ3v) is 3.10. The molecular weight excluding hydrogens is 217 g/mol. The van der Waals surface area contributed by atoms with Crippen molar-refractivity contribution in [1.82, 2.24) is 4.98 Å². The second kappa shape index (κ2) is 3.73. The van der Waals surface area contributed by atoms with E-state index < -0.39 is 11.7 Å². The van der Waals surface area contributed by atoms with Crippen LogP contribution in [0.15, 0.2) is 18.3 Å². The molecule has 2 nitrogen and oxygen atoms in total. The molecule has 0 saturated heterocycles. The minimum Gasteiger partial charge on any atom is -0.330 e. The number of nitrogens with zero attached hydrogens (tertiary/aromatic N) is 1. The standard InChI is InChI=1S/C11H13F3N2/c12-11(13,14)8-1-2-9(16-6-8)5-10(7-15)3-4-10/h1-2,6H,3-5,7,15H2. The number of rotatable bonds is 3. The fourth-order valence-electron chi connectivity index (χ4n) is 1.71. The average Bonchev–Trinajstić information content (AvgIpc) is 2.98. The molecule has 1 aromatic rings. The molecular formula is C11H13F3N2. The van der Waals surface area contributed by atoms with Gasteiger partial charge in [0.25, 0.3) is 0 Å². The van der Waals surface area contributed by atoms with Gasteiger partial charge in [-0.1, -0.05) is 0 Å². The Kier molecular flexibility index (Phi) is 2.66. The second-order valence-electron chi connectivity index (χ2n) is 4.42. The minimum absolute atomic E-state index is 0.104. The van der Waals surface area contributed by atoms with Crippen molar-refractivity contribution in [3.05, 3.63) is 29.6 Å². The molecule has 88 valence electrons. The van der Waals surface area contributed by atoms with Crippen molar-refractivity contribution in [3.8, 4) is 0 Å². The van der Waals surface area contributed by atoms with Gasteiger partial charge >= 0.3 is 6.18 Å². The quantitative estimate of drug-likeness (QED) is 0.865. The molecule has 0 spiro atoms. The number of alkyl halides is 3. The third kappa shape index (κ3) is 2.35. The Morgan fingerprint density at radius 3 is 2.38 bits per heavy atom. The van der Waals surface area contributed by atoms with Crippen molar-refractivity contribution in [2.75, 3.05) is 6.54 Å². The molecule has 0 bridgehead atoms. The lowest BCUT2D eigenvalue weighted by Gasteiger charge is -2.12. The molecule has 0 atom stereocenters. The third-order valence-electron chi connectivity index (χ3n) is 3.10. The van der Waals surface area contributed by atoms with Gasteiger partial charge in [-0.15, -0.1) is 0 Å². The molecule has 1 heterocycles. The molecule has 1 aliphatic rings. The lowest BCUT2D eigenvalue weighted by molar-refractivity contribution is -0.137. The first kappa shape index (κ1) is 11.4. The molecule has 1 saturated carbocycles. The summed E-state index contributed by atoms with van der Waals surface area (Å²) in [7, 11) is 0. The summed E-state index contributed by atoms with van der Waals surface area (Å²) < 4.78 is 36.8. The molecule has 2 rings (SSSR count). The molecule has 2 N–H and O–H groups in total. The molecule has 0 radical (unpaired) electrons. The zero-order chi connectivity index (χ0) is 11.8. The Morgan fingerprint density at radius 2 is 2.00 bits per heavy atom. The number of pyridine rings is 1. The maximum Gasteiger partial charge on any atom is 0.417 e. The van der Waals surface area contributed by atoms with E-state index in [1.165, 1.54) is 6.07 Å². The van der Waals surface area contributed by atoms with Crippen LogP contribution in [0.4, 0.5) is 13.2 Å².